The first-order chi connectivity index (χ1) is 19.0. The van der Waals surface area contributed by atoms with E-state index in [2.05, 4.69) is 31.0 Å². The van der Waals surface area contributed by atoms with Crippen molar-refractivity contribution in [3.05, 3.63) is 60.7 Å². The van der Waals surface area contributed by atoms with Crippen LogP contribution in [0.15, 0.2) is 49.1 Å². The third-order valence-electron chi connectivity index (χ3n) is 6.27. The normalized spacial score (nSPS) is 15.2. The predicted octanol–water partition coefficient (Wildman–Crippen LogP) is 4.41. The van der Waals surface area contributed by atoms with Gasteiger partial charge in [0.25, 0.3) is 0 Å². The fourth-order valence-corrected chi connectivity index (χ4v) is 4.43. The van der Waals surface area contributed by atoms with Gasteiger partial charge in [0.05, 0.1) is 35.1 Å². The number of nitrogens with zero attached hydrogens (tertiary/aromatic N) is 4. The summed E-state index contributed by atoms with van der Waals surface area (Å²) in [6.07, 6.45) is 7.96. The molecule has 0 bridgehead atoms. The van der Waals surface area contributed by atoms with Crippen LogP contribution in [0.25, 0.3) is 10.9 Å². The van der Waals surface area contributed by atoms with Crippen LogP contribution < -0.4 is 25.4 Å². The topological polar surface area (TPSA) is 115 Å². The Morgan fingerprint density at radius 2 is 2.10 bits per heavy atom. The Bertz CT molecular complexity index is 1460. The number of ether oxygens (including phenoxy) is 2. The van der Waals surface area contributed by atoms with E-state index in [-0.39, 0.29) is 18.3 Å². The Morgan fingerprint density at radius 3 is 2.92 bits per heavy atom. The molecule has 0 radical (unpaired) electrons. The van der Waals surface area contributed by atoms with Gasteiger partial charge in [0.15, 0.2) is 11.6 Å². The third kappa shape index (κ3) is 6.40. The van der Waals surface area contributed by atoms with E-state index in [9.17, 15) is 13.6 Å². The van der Waals surface area contributed by atoms with E-state index in [0.29, 0.717) is 47.1 Å². The van der Waals surface area contributed by atoms with Crippen molar-refractivity contribution in [3.63, 3.8) is 0 Å². The number of benzene rings is 2. The average Bonchev–Trinajstić information content (AvgIpc) is 3.37. The third-order valence-corrected chi connectivity index (χ3v) is 6.27. The number of carbonyl (C=O) groups is 1. The molecule has 2 aromatic carbocycles. The fraction of sp³-hybridized carbons (Fsp3) is 0.333. The standard InChI is InChI=1S/C27H29F2N7O3/c1-2-38-19-10-22-25(23(11-19)39-15-17-6-3-4-9-30-17)27(32-16-31-22)34-18-12-33-36(13-18)14-24(37)35-21-8-5-7-20(28)26(21)29/h5,7-8,10-13,16-17,30H,2-4,6,9,14-15H2,1H3,(H,35,37)(H,31,32,34). The van der Waals surface area contributed by atoms with Crippen LogP contribution in [0.1, 0.15) is 26.2 Å². The molecular weight excluding hydrogens is 508 g/mol. The number of rotatable bonds is 10. The number of piperidine rings is 1. The van der Waals surface area contributed by atoms with Crippen LogP contribution in [0.5, 0.6) is 11.5 Å². The molecule has 1 unspecified atom stereocenters. The van der Waals surface area contributed by atoms with E-state index in [4.69, 9.17) is 9.47 Å². The monoisotopic (exact) mass is 537 g/mol. The van der Waals surface area contributed by atoms with Gasteiger partial charge in [0.1, 0.15) is 36.8 Å². The molecule has 0 spiro atoms. The molecule has 204 valence electrons. The van der Waals surface area contributed by atoms with Crippen LogP contribution in [0.3, 0.4) is 0 Å². The van der Waals surface area contributed by atoms with Crippen LogP contribution in [-0.4, -0.2) is 51.5 Å². The lowest BCUT2D eigenvalue weighted by molar-refractivity contribution is -0.116. The predicted molar refractivity (Wildman–Crippen MR) is 142 cm³/mol. The first kappa shape index (κ1) is 26.3. The molecule has 0 aliphatic carbocycles. The Kier molecular flexibility index (Phi) is 8.11. The van der Waals surface area contributed by atoms with E-state index >= 15 is 0 Å². The maximum atomic E-state index is 13.9. The van der Waals surface area contributed by atoms with Crippen LogP contribution in [0, 0.1) is 11.6 Å². The lowest BCUT2D eigenvalue weighted by Crippen LogP contribution is -2.38. The van der Waals surface area contributed by atoms with Gasteiger partial charge in [0, 0.05) is 24.4 Å². The average molecular weight is 538 g/mol. The molecule has 1 aliphatic heterocycles. The number of halogens is 2. The molecule has 1 aliphatic rings. The lowest BCUT2D eigenvalue weighted by atomic mass is 10.1. The van der Waals surface area contributed by atoms with Gasteiger partial charge in [-0.1, -0.05) is 12.5 Å². The molecule has 12 heteroatoms. The first-order valence-electron chi connectivity index (χ1n) is 12.8. The van der Waals surface area contributed by atoms with Crippen molar-refractivity contribution in [2.24, 2.45) is 0 Å². The minimum atomic E-state index is -1.12. The molecule has 4 aromatic rings. The Labute approximate surface area is 223 Å². The highest BCUT2D eigenvalue weighted by molar-refractivity contribution is 5.96. The zero-order valence-corrected chi connectivity index (χ0v) is 21.4. The Balaban J connectivity index is 1.33. The van der Waals surface area contributed by atoms with Gasteiger partial charge >= 0.3 is 0 Å². The van der Waals surface area contributed by atoms with Gasteiger partial charge in [-0.2, -0.15) is 5.10 Å². The first-order valence-corrected chi connectivity index (χ1v) is 12.8. The second-order valence-corrected chi connectivity index (χ2v) is 9.13. The number of amides is 1. The second-order valence-electron chi connectivity index (χ2n) is 9.13. The van der Waals surface area contributed by atoms with E-state index in [1.807, 2.05) is 19.1 Å². The summed E-state index contributed by atoms with van der Waals surface area (Å²) < 4.78 is 40.7. The molecule has 1 atom stereocenters. The van der Waals surface area contributed by atoms with Crippen molar-refractivity contribution in [2.75, 3.05) is 30.4 Å². The van der Waals surface area contributed by atoms with Gasteiger partial charge in [-0.05, 0) is 38.4 Å². The summed E-state index contributed by atoms with van der Waals surface area (Å²) in [4.78, 5) is 21.2. The van der Waals surface area contributed by atoms with Crippen molar-refractivity contribution in [1.82, 2.24) is 25.1 Å². The molecule has 10 nitrogen and oxygen atoms in total. The van der Waals surface area contributed by atoms with Crippen molar-refractivity contribution >= 4 is 34.0 Å². The Morgan fingerprint density at radius 1 is 1.21 bits per heavy atom. The van der Waals surface area contributed by atoms with Crippen molar-refractivity contribution in [3.8, 4) is 11.5 Å². The maximum absolute atomic E-state index is 13.9. The number of hydrogen-bond donors (Lipinski definition) is 3. The molecule has 1 fully saturated rings. The minimum Gasteiger partial charge on any atom is -0.494 e. The highest BCUT2D eigenvalue weighted by Crippen LogP contribution is 2.35. The number of fused-ring (bicyclic) bond motifs is 1. The number of hydrogen-bond acceptors (Lipinski definition) is 8. The quantitative estimate of drug-likeness (QED) is 0.273. The smallest absolute Gasteiger partial charge is 0.246 e. The molecule has 3 heterocycles. The zero-order valence-electron chi connectivity index (χ0n) is 21.4. The minimum absolute atomic E-state index is 0.206. The molecule has 3 N–H and O–H groups in total. The number of carbonyl (C=O) groups excluding carboxylic acids is 1. The summed E-state index contributed by atoms with van der Waals surface area (Å²) in [5.74, 6) is -0.973. The van der Waals surface area contributed by atoms with Crippen molar-refractivity contribution in [1.29, 1.82) is 0 Å². The van der Waals surface area contributed by atoms with Gasteiger partial charge < -0.3 is 25.4 Å². The van der Waals surface area contributed by atoms with E-state index in [1.54, 1.807) is 6.20 Å². The second kappa shape index (κ2) is 12.0. The van der Waals surface area contributed by atoms with E-state index in [0.717, 1.165) is 31.9 Å². The number of anilines is 3. The largest absolute Gasteiger partial charge is 0.494 e. The number of aromatic nitrogens is 4. The summed E-state index contributed by atoms with van der Waals surface area (Å²) in [7, 11) is 0. The summed E-state index contributed by atoms with van der Waals surface area (Å²) in [6.45, 7) is 3.68. The summed E-state index contributed by atoms with van der Waals surface area (Å²) in [5.41, 5.74) is 0.975. The van der Waals surface area contributed by atoms with Gasteiger partial charge in [-0.15, -0.1) is 0 Å². The molecular formula is C27H29F2N7O3. The zero-order chi connectivity index (χ0) is 27.2. The molecule has 5 rings (SSSR count). The van der Waals surface area contributed by atoms with Gasteiger partial charge in [-0.25, -0.2) is 18.7 Å². The van der Waals surface area contributed by atoms with Crippen molar-refractivity contribution in [2.45, 2.75) is 38.8 Å². The van der Waals surface area contributed by atoms with Crippen LogP contribution in [0.2, 0.25) is 0 Å². The van der Waals surface area contributed by atoms with E-state index < -0.39 is 17.5 Å². The summed E-state index contributed by atoms with van der Waals surface area (Å²) in [6, 6.07) is 7.51. The highest BCUT2D eigenvalue weighted by atomic mass is 19.2. The highest BCUT2D eigenvalue weighted by Gasteiger charge is 2.18. The van der Waals surface area contributed by atoms with Gasteiger partial charge in [0.2, 0.25) is 5.91 Å². The fourth-order valence-electron chi connectivity index (χ4n) is 4.43. The van der Waals surface area contributed by atoms with Crippen molar-refractivity contribution < 1.29 is 23.0 Å². The SMILES string of the molecule is CCOc1cc(OCC2CCCCN2)c2c(Nc3cnn(CC(=O)Nc4cccc(F)c4F)c3)ncnc2c1. The number of nitrogens with one attached hydrogen (secondary N) is 3. The molecule has 2 aromatic heterocycles. The maximum Gasteiger partial charge on any atom is 0.246 e. The van der Waals surface area contributed by atoms with Crippen LogP contribution >= 0.6 is 0 Å². The summed E-state index contributed by atoms with van der Waals surface area (Å²) >= 11 is 0. The van der Waals surface area contributed by atoms with Gasteiger partial charge in [-0.3, -0.25) is 9.48 Å². The Hall–Kier alpha value is -4.32. The molecule has 1 amide bonds. The summed E-state index contributed by atoms with van der Waals surface area (Å²) in [5, 5.41) is 13.9. The lowest BCUT2D eigenvalue weighted by Gasteiger charge is -2.24. The molecule has 1 saturated heterocycles. The van der Waals surface area contributed by atoms with Crippen LogP contribution in [-0.2, 0) is 11.3 Å². The van der Waals surface area contributed by atoms with Crippen LogP contribution in [0.4, 0.5) is 26.0 Å². The van der Waals surface area contributed by atoms with E-state index in [1.165, 1.54) is 29.3 Å². The molecule has 0 saturated carbocycles. The molecule has 39 heavy (non-hydrogen) atoms.